The number of Topliss-reactive ketones (excluding diaryl/α,β-unsaturated/α-hetero) is 1. The van der Waals surface area contributed by atoms with Gasteiger partial charge >= 0.3 is 0 Å². The molecule has 3 saturated heterocycles. The zero-order valence-electron chi connectivity index (χ0n) is 14.4. The summed E-state index contributed by atoms with van der Waals surface area (Å²) in [7, 11) is 1.64. The van der Waals surface area contributed by atoms with E-state index in [9.17, 15) is 4.79 Å². The van der Waals surface area contributed by atoms with Crippen LogP contribution in [0.3, 0.4) is 0 Å². The van der Waals surface area contributed by atoms with Crippen molar-refractivity contribution in [2.24, 2.45) is 11.8 Å². The smallest absolute Gasteiger partial charge is 0.180 e. The molecule has 5 rings (SSSR count). The molecule has 4 atom stereocenters. The fourth-order valence-electron chi connectivity index (χ4n) is 4.25. The molecule has 0 saturated carbocycles. The minimum Gasteiger partial charge on any atom is -0.497 e. The van der Waals surface area contributed by atoms with Gasteiger partial charge in [0.2, 0.25) is 0 Å². The number of hydrogen-bond donors (Lipinski definition) is 0. The van der Waals surface area contributed by atoms with Gasteiger partial charge in [0.1, 0.15) is 5.75 Å². The van der Waals surface area contributed by atoms with E-state index in [4.69, 9.17) is 4.74 Å². The van der Waals surface area contributed by atoms with Gasteiger partial charge in [-0.1, -0.05) is 6.08 Å². The Morgan fingerprint density at radius 3 is 2.92 bits per heavy atom. The van der Waals surface area contributed by atoms with Crippen LogP contribution >= 0.6 is 12.4 Å². The van der Waals surface area contributed by atoms with Gasteiger partial charge in [-0.05, 0) is 55.5 Å². The number of halogens is 1. The maximum absolute atomic E-state index is 13.3. The predicted molar refractivity (Wildman–Crippen MR) is 102 cm³/mol. The van der Waals surface area contributed by atoms with Crippen molar-refractivity contribution in [1.82, 2.24) is 9.88 Å². The highest BCUT2D eigenvalue weighted by Gasteiger charge is 2.42. The molecule has 4 heterocycles. The molecule has 2 bridgehead atoms. The van der Waals surface area contributed by atoms with Crippen LogP contribution in [0.5, 0.6) is 5.75 Å². The Labute approximate surface area is 154 Å². The van der Waals surface area contributed by atoms with Gasteiger partial charge in [-0.2, -0.15) is 0 Å². The van der Waals surface area contributed by atoms with E-state index < -0.39 is 0 Å². The fraction of sp³-hybridized carbons (Fsp3) is 0.400. The molecule has 132 valence electrons. The number of hydrogen-bond acceptors (Lipinski definition) is 4. The first-order chi connectivity index (χ1) is 11.7. The topological polar surface area (TPSA) is 42.4 Å². The summed E-state index contributed by atoms with van der Waals surface area (Å²) in [6.45, 7) is 5.92. The van der Waals surface area contributed by atoms with Gasteiger partial charge in [-0.15, -0.1) is 19.0 Å². The highest BCUT2D eigenvalue weighted by Crippen LogP contribution is 2.38. The van der Waals surface area contributed by atoms with Crippen LogP contribution in [0.4, 0.5) is 0 Å². The Morgan fingerprint density at radius 1 is 1.40 bits per heavy atom. The third-order valence-electron chi connectivity index (χ3n) is 5.62. The molecule has 0 N–H and O–H groups in total. The number of piperidine rings is 3. The number of carbonyl (C=O) groups excluding carboxylic acids is 1. The predicted octanol–water partition coefficient (Wildman–Crippen LogP) is 3.74. The van der Waals surface area contributed by atoms with Crippen LogP contribution in [0, 0.1) is 11.8 Å². The minimum absolute atomic E-state index is 0. The summed E-state index contributed by atoms with van der Waals surface area (Å²) >= 11 is 0. The molecule has 5 heteroatoms. The van der Waals surface area contributed by atoms with E-state index >= 15 is 0 Å². The molecular weight excluding hydrogens is 336 g/mol. The van der Waals surface area contributed by atoms with Crippen molar-refractivity contribution < 1.29 is 9.53 Å². The number of aromatic nitrogens is 1. The Kier molecular flexibility index (Phi) is 5.11. The SMILES string of the molecule is C=C[C@H]1CN2CC[C@H]1C[C@H]2C(=O)c1ccnc2ccc(OC)cc12.Cl. The third-order valence-corrected chi connectivity index (χ3v) is 5.62. The summed E-state index contributed by atoms with van der Waals surface area (Å²) in [5.74, 6) is 2.07. The van der Waals surface area contributed by atoms with E-state index in [1.807, 2.05) is 24.3 Å². The van der Waals surface area contributed by atoms with Crippen molar-refractivity contribution in [3.8, 4) is 5.75 Å². The zero-order valence-corrected chi connectivity index (χ0v) is 15.2. The molecule has 3 fully saturated rings. The van der Waals surface area contributed by atoms with Crippen LogP contribution in [0.2, 0.25) is 0 Å². The number of pyridine rings is 1. The Morgan fingerprint density at radius 2 is 2.24 bits per heavy atom. The van der Waals surface area contributed by atoms with Gasteiger partial charge in [0.25, 0.3) is 0 Å². The second-order valence-corrected chi connectivity index (χ2v) is 6.80. The van der Waals surface area contributed by atoms with Crippen LogP contribution in [-0.4, -0.2) is 41.9 Å². The maximum Gasteiger partial charge on any atom is 0.180 e. The average molecular weight is 359 g/mol. The molecule has 4 nitrogen and oxygen atoms in total. The van der Waals surface area contributed by atoms with Crippen LogP contribution in [0.25, 0.3) is 10.9 Å². The molecule has 3 aliphatic heterocycles. The van der Waals surface area contributed by atoms with Crippen molar-refractivity contribution in [2.45, 2.75) is 18.9 Å². The Bertz CT molecular complexity index is 807. The molecule has 1 aromatic heterocycles. The van der Waals surface area contributed by atoms with E-state index in [2.05, 4.69) is 22.5 Å². The highest BCUT2D eigenvalue weighted by molar-refractivity contribution is 6.10. The van der Waals surface area contributed by atoms with Gasteiger partial charge < -0.3 is 4.74 Å². The molecule has 1 unspecified atom stereocenters. The molecule has 0 radical (unpaired) electrons. The standard InChI is InChI=1S/C20H22N2O2.ClH/c1-3-13-12-22-9-7-14(13)10-19(22)20(23)16-6-8-21-18-5-4-15(24-2)11-17(16)18;/h3-6,8,11,13-14,19H,1,7,9-10,12H2,2H3;1H/t13-,14-,19-;/m0./s1. The van der Waals surface area contributed by atoms with E-state index in [0.29, 0.717) is 11.8 Å². The van der Waals surface area contributed by atoms with Crippen LogP contribution in [0.15, 0.2) is 43.1 Å². The quantitative estimate of drug-likeness (QED) is 0.616. The molecule has 25 heavy (non-hydrogen) atoms. The molecule has 1 aromatic carbocycles. The van der Waals surface area contributed by atoms with E-state index in [1.165, 1.54) is 6.42 Å². The van der Waals surface area contributed by atoms with E-state index in [0.717, 1.165) is 41.7 Å². The number of ether oxygens (including phenoxy) is 1. The van der Waals surface area contributed by atoms with Crippen LogP contribution < -0.4 is 4.74 Å². The van der Waals surface area contributed by atoms with Gasteiger partial charge in [0.05, 0.1) is 18.7 Å². The summed E-state index contributed by atoms with van der Waals surface area (Å²) in [6.07, 6.45) is 5.89. The normalized spacial score (nSPS) is 27.6. The first-order valence-electron chi connectivity index (χ1n) is 8.55. The summed E-state index contributed by atoms with van der Waals surface area (Å²) in [5, 5.41) is 0.879. The zero-order chi connectivity index (χ0) is 16.7. The third kappa shape index (κ3) is 3.05. The van der Waals surface area contributed by atoms with Crippen molar-refractivity contribution in [3.05, 3.63) is 48.7 Å². The lowest BCUT2D eigenvalue weighted by Crippen LogP contribution is -2.55. The molecule has 0 amide bonds. The highest BCUT2D eigenvalue weighted by atomic mass is 35.5. The Balaban J connectivity index is 0.00000182. The number of carbonyl (C=O) groups is 1. The summed E-state index contributed by atoms with van der Waals surface area (Å²) < 4.78 is 5.32. The van der Waals surface area contributed by atoms with Crippen molar-refractivity contribution in [3.63, 3.8) is 0 Å². The molecule has 0 aliphatic carbocycles. The van der Waals surface area contributed by atoms with Crippen LogP contribution in [0.1, 0.15) is 23.2 Å². The van der Waals surface area contributed by atoms with Gasteiger partial charge in [0.15, 0.2) is 5.78 Å². The van der Waals surface area contributed by atoms with Crippen molar-refractivity contribution in [2.75, 3.05) is 20.2 Å². The molecule has 0 spiro atoms. The monoisotopic (exact) mass is 358 g/mol. The van der Waals surface area contributed by atoms with Crippen LogP contribution in [-0.2, 0) is 0 Å². The van der Waals surface area contributed by atoms with E-state index in [-0.39, 0.29) is 24.2 Å². The van der Waals surface area contributed by atoms with Gasteiger partial charge in [-0.3, -0.25) is 14.7 Å². The number of nitrogens with zero attached hydrogens (tertiary/aromatic N) is 2. The molecular formula is C20H23ClN2O2. The first kappa shape index (κ1) is 17.9. The lowest BCUT2D eigenvalue weighted by molar-refractivity contribution is 0.0205. The molecule has 3 aliphatic rings. The largest absolute Gasteiger partial charge is 0.497 e. The Hall–Kier alpha value is -1.91. The number of benzene rings is 1. The summed E-state index contributed by atoms with van der Waals surface area (Å²) in [4.78, 5) is 20.0. The maximum atomic E-state index is 13.3. The number of fused-ring (bicyclic) bond motifs is 4. The van der Waals surface area contributed by atoms with Crippen molar-refractivity contribution in [1.29, 1.82) is 0 Å². The molecule has 2 aromatic rings. The number of ketones is 1. The van der Waals surface area contributed by atoms with Gasteiger partial charge in [-0.25, -0.2) is 0 Å². The van der Waals surface area contributed by atoms with Gasteiger partial charge in [0, 0.05) is 23.7 Å². The van der Waals surface area contributed by atoms with E-state index in [1.54, 1.807) is 13.3 Å². The lowest BCUT2D eigenvalue weighted by Gasteiger charge is -2.48. The second kappa shape index (κ2) is 7.14. The summed E-state index contributed by atoms with van der Waals surface area (Å²) in [6, 6.07) is 7.53. The number of rotatable bonds is 4. The first-order valence-corrected chi connectivity index (χ1v) is 8.55. The number of methoxy groups -OCH3 is 1. The summed E-state index contributed by atoms with van der Waals surface area (Å²) in [5.41, 5.74) is 1.59. The van der Waals surface area contributed by atoms with Crippen molar-refractivity contribution >= 4 is 29.1 Å². The fourth-order valence-corrected chi connectivity index (χ4v) is 4.25. The minimum atomic E-state index is -0.0169. The second-order valence-electron chi connectivity index (χ2n) is 6.80. The lowest BCUT2D eigenvalue weighted by atomic mass is 9.74. The average Bonchev–Trinajstić information content (AvgIpc) is 2.66.